The van der Waals surface area contributed by atoms with Gasteiger partial charge in [-0.05, 0) is 74.2 Å². The molecule has 4 heterocycles. The SMILES string of the molecule is Cc1ncc(C(=O)Nc2ccc(C3CCCNC3)cc2)cc1Nc1nccc(-c2cccnc2)n1. The standard InChI is InChI=1S/C27H27N7O/c1-18-25(34-27-30-13-10-24(33-27)21-5-3-12-29-16-21)14-22(17-31-18)26(35)32-23-8-6-19(7-9-23)20-4-2-11-28-15-20/h3,5-10,12-14,16-17,20,28H,2,4,11,15H2,1H3,(H,32,35)(H,30,33,34). The Kier molecular flexibility index (Phi) is 6.72. The lowest BCUT2D eigenvalue weighted by Gasteiger charge is -2.23. The number of pyridine rings is 2. The number of carbonyl (C=O) groups is 1. The molecule has 1 unspecified atom stereocenters. The molecule has 5 rings (SSSR count). The van der Waals surface area contributed by atoms with Crippen LogP contribution in [0.25, 0.3) is 11.3 Å². The first-order valence-corrected chi connectivity index (χ1v) is 11.7. The van der Waals surface area contributed by atoms with E-state index < -0.39 is 0 Å². The number of rotatable bonds is 6. The Morgan fingerprint density at radius 2 is 1.94 bits per heavy atom. The molecule has 1 amide bonds. The van der Waals surface area contributed by atoms with E-state index in [-0.39, 0.29) is 5.91 Å². The lowest BCUT2D eigenvalue weighted by molar-refractivity contribution is 0.102. The number of anilines is 3. The Balaban J connectivity index is 1.29. The van der Waals surface area contributed by atoms with Crippen molar-refractivity contribution in [2.45, 2.75) is 25.7 Å². The lowest BCUT2D eigenvalue weighted by atomic mass is 9.91. The van der Waals surface area contributed by atoms with Crippen molar-refractivity contribution in [1.29, 1.82) is 0 Å². The zero-order valence-electron chi connectivity index (χ0n) is 19.5. The third-order valence-electron chi connectivity index (χ3n) is 6.15. The van der Waals surface area contributed by atoms with E-state index in [0.717, 1.165) is 35.7 Å². The van der Waals surface area contributed by atoms with Gasteiger partial charge in [0.2, 0.25) is 5.95 Å². The normalized spacial score (nSPS) is 15.4. The molecule has 0 radical (unpaired) electrons. The molecule has 0 spiro atoms. The summed E-state index contributed by atoms with van der Waals surface area (Å²) >= 11 is 0. The van der Waals surface area contributed by atoms with Gasteiger partial charge in [0, 0.05) is 42.6 Å². The number of nitrogens with one attached hydrogen (secondary N) is 3. The average molecular weight is 466 g/mol. The monoisotopic (exact) mass is 465 g/mol. The van der Waals surface area contributed by atoms with E-state index in [9.17, 15) is 4.79 Å². The first-order chi connectivity index (χ1) is 17.2. The highest BCUT2D eigenvalue weighted by Crippen LogP contribution is 2.25. The molecule has 3 N–H and O–H groups in total. The van der Waals surface area contributed by atoms with Crippen LogP contribution < -0.4 is 16.0 Å². The maximum atomic E-state index is 12.9. The molecule has 1 fully saturated rings. The highest BCUT2D eigenvalue weighted by Gasteiger charge is 2.16. The van der Waals surface area contributed by atoms with Gasteiger partial charge in [0.1, 0.15) is 0 Å². The second-order valence-corrected chi connectivity index (χ2v) is 8.61. The molecule has 176 valence electrons. The summed E-state index contributed by atoms with van der Waals surface area (Å²) in [5.41, 5.74) is 5.55. The fraction of sp³-hybridized carbons (Fsp3) is 0.222. The van der Waals surface area contributed by atoms with Crippen LogP contribution in [0.2, 0.25) is 0 Å². The second-order valence-electron chi connectivity index (χ2n) is 8.61. The Hall–Kier alpha value is -4.17. The van der Waals surface area contributed by atoms with Crippen LogP contribution in [0.15, 0.2) is 73.3 Å². The zero-order chi connectivity index (χ0) is 24.0. The Bertz CT molecular complexity index is 1300. The first kappa shape index (κ1) is 22.6. The van der Waals surface area contributed by atoms with Crippen LogP contribution in [0.1, 0.15) is 40.4 Å². The van der Waals surface area contributed by atoms with Crippen molar-refractivity contribution in [3.63, 3.8) is 0 Å². The predicted octanol–water partition coefficient (Wildman–Crippen LogP) is 4.70. The third-order valence-corrected chi connectivity index (χ3v) is 6.15. The quantitative estimate of drug-likeness (QED) is 0.379. The molecular formula is C27H27N7O. The molecule has 0 bridgehead atoms. The minimum Gasteiger partial charge on any atom is -0.323 e. The highest BCUT2D eigenvalue weighted by atomic mass is 16.1. The number of hydrogen-bond donors (Lipinski definition) is 3. The first-order valence-electron chi connectivity index (χ1n) is 11.7. The molecule has 0 aliphatic carbocycles. The molecule has 1 atom stereocenters. The van der Waals surface area contributed by atoms with Crippen molar-refractivity contribution in [2.24, 2.45) is 0 Å². The molecule has 1 saturated heterocycles. The van der Waals surface area contributed by atoms with Crippen LogP contribution >= 0.6 is 0 Å². The van der Waals surface area contributed by atoms with Crippen molar-refractivity contribution in [1.82, 2.24) is 25.3 Å². The van der Waals surface area contributed by atoms with Gasteiger partial charge in [-0.25, -0.2) is 9.97 Å². The Labute approximate surface area is 204 Å². The van der Waals surface area contributed by atoms with Crippen LogP contribution in [0, 0.1) is 6.92 Å². The molecule has 3 aromatic heterocycles. The third kappa shape index (κ3) is 5.50. The van der Waals surface area contributed by atoms with Crippen LogP contribution in [-0.4, -0.2) is 38.9 Å². The fourth-order valence-corrected chi connectivity index (χ4v) is 4.18. The van der Waals surface area contributed by atoms with Crippen molar-refractivity contribution < 1.29 is 4.79 Å². The van der Waals surface area contributed by atoms with Gasteiger partial charge in [-0.15, -0.1) is 0 Å². The lowest BCUT2D eigenvalue weighted by Crippen LogP contribution is -2.28. The molecular weight excluding hydrogens is 438 g/mol. The maximum absolute atomic E-state index is 12.9. The summed E-state index contributed by atoms with van der Waals surface area (Å²) in [6, 6.07) is 15.5. The van der Waals surface area contributed by atoms with Crippen molar-refractivity contribution >= 4 is 23.2 Å². The summed E-state index contributed by atoms with van der Waals surface area (Å²) in [4.78, 5) is 30.4. The van der Waals surface area contributed by atoms with Gasteiger partial charge >= 0.3 is 0 Å². The Morgan fingerprint density at radius 1 is 1.06 bits per heavy atom. The number of amides is 1. The largest absolute Gasteiger partial charge is 0.323 e. The molecule has 35 heavy (non-hydrogen) atoms. The number of aromatic nitrogens is 4. The Morgan fingerprint density at radius 3 is 2.71 bits per heavy atom. The van der Waals surface area contributed by atoms with Crippen LogP contribution in [0.4, 0.5) is 17.3 Å². The van der Waals surface area contributed by atoms with Gasteiger partial charge in [-0.1, -0.05) is 12.1 Å². The maximum Gasteiger partial charge on any atom is 0.257 e. The van der Waals surface area contributed by atoms with Gasteiger partial charge in [-0.2, -0.15) is 0 Å². The van der Waals surface area contributed by atoms with Gasteiger partial charge in [0.05, 0.1) is 22.6 Å². The van der Waals surface area contributed by atoms with Crippen molar-refractivity contribution in [3.8, 4) is 11.3 Å². The molecule has 8 nitrogen and oxygen atoms in total. The van der Waals surface area contributed by atoms with E-state index in [1.54, 1.807) is 30.9 Å². The number of piperidine rings is 1. The van der Waals surface area contributed by atoms with E-state index in [4.69, 9.17) is 0 Å². The minimum absolute atomic E-state index is 0.224. The number of nitrogens with zero attached hydrogens (tertiary/aromatic N) is 4. The zero-order valence-corrected chi connectivity index (χ0v) is 19.5. The van der Waals surface area contributed by atoms with Crippen LogP contribution in [-0.2, 0) is 0 Å². The van der Waals surface area contributed by atoms with E-state index in [2.05, 4.69) is 48.0 Å². The molecule has 1 aliphatic heterocycles. The summed E-state index contributed by atoms with van der Waals surface area (Å²) in [7, 11) is 0. The average Bonchev–Trinajstić information content (AvgIpc) is 2.91. The van der Waals surface area contributed by atoms with Crippen molar-refractivity contribution in [3.05, 3.63) is 90.1 Å². The minimum atomic E-state index is -0.224. The molecule has 1 aromatic carbocycles. The summed E-state index contributed by atoms with van der Waals surface area (Å²) in [6.45, 7) is 3.97. The van der Waals surface area contributed by atoms with Crippen LogP contribution in [0.5, 0.6) is 0 Å². The summed E-state index contributed by atoms with van der Waals surface area (Å²) in [6.07, 6.45) is 9.12. The van der Waals surface area contributed by atoms with E-state index in [1.165, 1.54) is 18.4 Å². The van der Waals surface area contributed by atoms with Gasteiger partial charge in [0.25, 0.3) is 5.91 Å². The second kappa shape index (κ2) is 10.4. The van der Waals surface area contributed by atoms with Gasteiger partial charge < -0.3 is 16.0 Å². The van der Waals surface area contributed by atoms with Gasteiger partial charge in [0.15, 0.2) is 0 Å². The molecule has 1 aliphatic rings. The number of aryl methyl sites for hydroxylation is 1. The smallest absolute Gasteiger partial charge is 0.257 e. The topological polar surface area (TPSA) is 105 Å². The van der Waals surface area contributed by atoms with Crippen molar-refractivity contribution in [2.75, 3.05) is 23.7 Å². The number of hydrogen-bond acceptors (Lipinski definition) is 7. The van der Waals surface area contributed by atoms with E-state index in [0.29, 0.717) is 23.1 Å². The van der Waals surface area contributed by atoms with E-state index >= 15 is 0 Å². The number of carbonyl (C=O) groups excluding carboxylic acids is 1. The van der Waals surface area contributed by atoms with Crippen LogP contribution in [0.3, 0.4) is 0 Å². The summed E-state index contributed by atoms with van der Waals surface area (Å²) in [5, 5.41) is 9.61. The summed E-state index contributed by atoms with van der Waals surface area (Å²) < 4.78 is 0. The fourth-order valence-electron chi connectivity index (χ4n) is 4.18. The number of benzene rings is 1. The summed E-state index contributed by atoms with van der Waals surface area (Å²) in [5.74, 6) is 0.724. The molecule has 8 heteroatoms. The highest BCUT2D eigenvalue weighted by molar-refractivity contribution is 6.04. The molecule has 0 saturated carbocycles. The van der Waals surface area contributed by atoms with E-state index in [1.807, 2.05) is 37.3 Å². The van der Waals surface area contributed by atoms with Gasteiger partial charge in [-0.3, -0.25) is 14.8 Å². The predicted molar refractivity (Wildman–Crippen MR) is 137 cm³/mol. The molecule has 4 aromatic rings.